The Hall–Kier alpha value is -2.11. The number of amides is 2. The molecule has 2 aliphatic heterocycles. The Labute approximate surface area is 154 Å². The molecule has 2 aliphatic rings. The van der Waals surface area contributed by atoms with E-state index in [1.54, 1.807) is 6.92 Å². The Morgan fingerprint density at radius 1 is 1.38 bits per heavy atom. The fourth-order valence-corrected chi connectivity index (χ4v) is 3.14. The molecule has 2 amide bonds. The van der Waals surface area contributed by atoms with Gasteiger partial charge < -0.3 is 24.6 Å². The average molecular weight is 364 g/mol. The minimum Gasteiger partial charge on any atom is -0.436 e. The molecule has 8 heteroatoms. The van der Waals surface area contributed by atoms with E-state index in [2.05, 4.69) is 22.9 Å². The summed E-state index contributed by atoms with van der Waals surface area (Å²) in [6, 6.07) is 2.23. The zero-order valence-electron chi connectivity index (χ0n) is 15.6. The second-order valence-electron chi connectivity index (χ2n) is 6.93. The number of likely N-dealkylation sites (tertiary alicyclic amines) is 1. The molecule has 0 saturated carbocycles. The minimum absolute atomic E-state index is 0.223. The molecule has 0 aromatic rings. The van der Waals surface area contributed by atoms with Crippen molar-refractivity contribution < 1.29 is 19.1 Å². The largest absolute Gasteiger partial charge is 0.436 e. The number of carbonyl (C=O) groups is 2. The summed E-state index contributed by atoms with van der Waals surface area (Å²) < 4.78 is 10.7. The summed E-state index contributed by atoms with van der Waals surface area (Å²) >= 11 is 0. The maximum atomic E-state index is 12.8. The van der Waals surface area contributed by atoms with Crippen LogP contribution in [-0.4, -0.2) is 79.4 Å². The van der Waals surface area contributed by atoms with Crippen molar-refractivity contribution in [2.45, 2.75) is 38.3 Å². The first kappa shape index (κ1) is 20.2. The van der Waals surface area contributed by atoms with Gasteiger partial charge in [0.15, 0.2) is 6.10 Å². The Balaban J connectivity index is 2.03. The number of nitrogens with one attached hydrogen (secondary N) is 1. The van der Waals surface area contributed by atoms with Gasteiger partial charge in [-0.2, -0.15) is 5.26 Å². The zero-order valence-corrected chi connectivity index (χ0v) is 15.6. The molecule has 2 unspecified atom stereocenters. The molecular weight excluding hydrogens is 336 g/mol. The van der Waals surface area contributed by atoms with Crippen molar-refractivity contribution in [1.29, 1.82) is 5.26 Å². The van der Waals surface area contributed by atoms with Crippen molar-refractivity contribution in [3.63, 3.8) is 0 Å². The first-order valence-electron chi connectivity index (χ1n) is 9.02. The smallest absolute Gasteiger partial charge is 0.410 e. The Bertz CT molecular complexity index is 582. The van der Waals surface area contributed by atoms with Crippen LogP contribution in [0.1, 0.15) is 26.7 Å². The Kier molecular flexibility index (Phi) is 7.00. The van der Waals surface area contributed by atoms with Crippen molar-refractivity contribution >= 4 is 12.0 Å². The van der Waals surface area contributed by atoms with Crippen LogP contribution >= 0.6 is 0 Å². The highest BCUT2D eigenvalue weighted by molar-refractivity contribution is 5.84. The minimum atomic E-state index is -0.997. The lowest BCUT2D eigenvalue weighted by Gasteiger charge is -2.30. The first-order valence-corrected chi connectivity index (χ1v) is 9.02. The number of hydrogen-bond acceptors (Lipinski definition) is 6. The van der Waals surface area contributed by atoms with Gasteiger partial charge in [-0.25, -0.2) is 4.79 Å². The molecule has 8 nitrogen and oxygen atoms in total. The highest BCUT2D eigenvalue weighted by atomic mass is 16.6. The van der Waals surface area contributed by atoms with Crippen LogP contribution in [0.4, 0.5) is 4.79 Å². The van der Waals surface area contributed by atoms with E-state index in [1.165, 1.54) is 4.90 Å². The van der Waals surface area contributed by atoms with Crippen molar-refractivity contribution in [2.24, 2.45) is 0 Å². The van der Waals surface area contributed by atoms with Gasteiger partial charge in [-0.1, -0.05) is 19.1 Å². The molecule has 0 aliphatic carbocycles. The number of ether oxygens (including phenoxy) is 2. The number of nitriles is 1. The van der Waals surface area contributed by atoms with E-state index >= 15 is 0 Å². The molecule has 2 saturated heterocycles. The average Bonchev–Trinajstić information content (AvgIpc) is 3.05. The Morgan fingerprint density at radius 2 is 2.08 bits per heavy atom. The van der Waals surface area contributed by atoms with E-state index in [0.29, 0.717) is 39.3 Å². The summed E-state index contributed by atoms with van der Waals surface area (Å²) in [5.74, 6) is -0.450. The van der Waals surface area contributed by atoms with Crippen LogP contribution in [-0.2, 0) is 14.3 Å². The van der Waals surface area contributed by atoms with Crippen molar-refractivity contribution in [1.82, 2.24) is 15.1 Å². The first-order chi connectivity index (χ1) is 12.4. The molecule has 0 bridgehead atoms. The lowest BCUT2D eigenvalue weighted by Crippen LogP contribution is -2.54. The normalized spacial score (nSPS) is 24.6. The molecule has 0 spiro atoms. The van der Waals surface area contributed by atoms with Gasteiger partial charge in [-0.3, -0.25) is 4.79 Å². The van der Waals surface area contributed by atoms with Crippen LogP contribution in [0.25, 0.3) is 0 Å². The fourth-order valence-electron chi connectivity index (χ4n) is 3.14. The maximum Gasteiger partial charge on any atom is 0.410 e. The fraction of sp³-hybridized carbons (Fsp3) is 0.722. The molecule has 26 heavy (non-hydrogen) atoms. The van der Waals surface area contributed by atoms with Crippen LogP contribution in [0.3, 0.4) is 0 Å². The summed E-state index contributed by atoms with van der Waals surface area (Å²) in [5, 5.41) is 12.4. The summed E-state index contributed by atoms with van der Waals surface area (Å²) in [6.45, 7) is 11.4. The number of rotatable bonds is 6. The van der Waals surface area contributed by atoms with Gasteiger partial charge in [0.2, 0.25) is 0 Å². The van der Waals surface area contributed by atoms with Crippen molar-refractivity contribution in [2.75, 3.05) is 45.9 Å². The van der Waals surface area contributed by atoms with E-state index in [9.17, 15) is 14.9 Å². The SMILES string of the molecule is C=C(C)CC(OC(=O)N1CCOCC1)C(=O)NC1(C#N)CCN(CC)C1. The third-order valence-electron chi connectivity index (χ3n) is 4.71. The van der Waals surface area contributed by atoms with E-state index in [4.69, 9.17) is 9.47 Å². The molecule has 2 heterocycles. The third kappa shape index (κ3) is 5.19. The van der Waals surface area contributed by atoms with Crippen molar-refractivity contribution in [3.05, 3.63) is 12.2 Å². The predicted molar refractivity (Wildman–Crippen MR) is 95.3 cm³/mol. The zero-order chi connectivity index (χ0) is 19.2. The molecule has 144 valence electrons. The van der Waals surface area contributed by atoms with E-state index in [-0.39, 0.29) is 6.42 Å². The van der Waals surface area contributed by atoms with Gasteiger partial charge in [0.1, 0.15) is 5.54 Å². The quantitative estimate of drug-likeness (QED) is 0.704. The van der Waals surface area contributed by atoms with Gasteiger partial charge in [0.25, 0.3) is 5.91 Å². The number of hydrogen-bond donors (Lipinski definition) is 1. The van der Waals surface area contributed by atoms with Crippen LogP contribution in [0, 0.1) is 11.3 Å². The number of carbonyl (C=O) groups excluding carboxylic acids is 2. The molecule has 0 radical (unpaired) electrons. The molecule has 2 rings (SSSR count). The van der Waals surface area contributed by atoms with E-state index in [0.717, 1.165) is 18.7 Å². The Morgan fingerprint density at radius 3 is 2.62 bits per heavy atom. The maximum absolute atomic E-state index is 12.8. The van der Waals surface area contributed by atoms with Crippen LogP contribution in [0.15, 0.2) is 12.2 Å². The third-order valence-corrected chi connectivity index (χ3v) is 4.71. The topological polar surface area (TPSA) is 94.9 Å². The lowest BCUT2D eigenvalue weighted by molar-refractivity contribution is -0.131. The molecule has 0 aromatic carbocycles. The summed E-state index contributed by atoms with van der Waals surface area (Å²) in [7, 11) is 0. The van der Waals surface area contributed by atoms with Gasteiger partial charge in [-0.15, -0.1) is 0 Å². The highest BCUT2D eigenvalue weighted by Gasteiger charge is 2.41. The molecule has 2 atom stereocenters. The standard InChI is InChI=1S/C18H28N4O4/c1-4-21-6-5-18(12-19,13-21)20-16(23)15(11-14(2)3)26-17(24)22-7-9-25-10-8-22/h15H,2,4-11,13H2,1,3H3,(H,20,23). The predicted octanol–water partition coefficient (Wildman–Crippen LogP) is 0.894. The van der Waals surface area contributed by atoms with Crippen molar-refractivity contribution in [3.8, 4) is 6.07 Å². The molecule has 1 N–H and O–H groups in total. The van der Waals surface area contributed by atoms with E-state index in [1.807, 2.05) is 6.92 Å². The second-order valence-corrected chi connectivity index (χ2v) is 6.93. The van der Waals surface area contributed by atoms with E-state index < -0.39 is 23.6 Å². The monoisotopic (exact) mass is 364 g/mol. The molecule has 2 fully saturated rings. The van der Waals surface area contributed by atoms with Crippen LogP contribution in [0.2, 0.25) is 0 Å². The summed E-state index contributed by atoms with van der Waals surface area (Å²) in [4.78, 5) is 28.7. The number of morpholine rings is 1. The van der Waals surface area contributed by atoms with Gasteiger partial charge in [0.05, 0.1) is 19.3 Å². The summed E-state index contributed by atoms with van der Waals surface area (Å²) in [6.07, 6.45) is -0.757. The molecule has 0 aromatic heterocycles. The number of nitrogens with zero attached hydrogens (tertiary/aromatic N) is 3. The number of likely N-dealkylation sites (N-methyl/N-ethyl adjacent to an activating group) is 1. The molecular formula is C18H28N4O4. The van der Waals surface area contributed by atoms with Crippen LogP contribution < -0.4 is 5.32 Å². The van der Waals surface area contributed by atoms with Gasteiger partial charge in [0, 0.05) is 32.6 Å². The second kappa shape index (κ2) is 9.01. The summed E-state index contributed by atoms with van der Waals surface area (Å²) in [5.41, 5.74) is -0.209. The lowest BCUT2D eigenvalue weighted by atomic mass is 9.99. The van der Waals surface area contributed by atoms with Gasteiger partial charge in [-0.05, 0) is 19.9 Å². The van der Waals surface area contributed by atoms with Gasteiger partial charge >= 0.3 is 6.09 Å². The highest BCUT2D eigenvalue weighted by Crippen LogP contribution is 2.21. The van der Waals surface area contributed by atoms with Crippen LogP contribution in [0.5, 0.6) is 0 Å².